The number of carbonyl (C=O) groups is 2. The Labute approximate surface area is 192 Å². The number of hydrogen-bond donors (Lipinski definition) is 1. The Bertz CT molecular complexity index is 1140. The Balaban J connectivity index is 1.76. The number of imide groups is 1. The van der Waals surface area contributed by atoms with Crippen LogP contribution in [0.4, 0.5) is 15.8 Å². The third kappa shape index (κ3) is 4.46. The van der Waals surface area contributed by atoms with Crippen molar-refractivity contribution in [1.82, 2.24) is 0 Å². The lowest BCUT2D eigenvalue weighted by atomic mass is 10.2. The number of hydrogen-bond acceptors (Lipinski definition) is 4. The van der Waals surface area contributed by atoms with Crippen molar-refractivity contribution in [2.75, 3.05) is 10.2 Å². The first kappa shape index (κ1) is 21.4. The van der Waals surface area contributed by atoms with Crippen molar-refractivity contribution < 1.29 is 14.0 Å². The van der Waals surface area contributed by atoms with Gasteiger partial charge >= 0.3 is 0 Å². The molecule has 0 aliphatic carbocycles. The molecular formula is C23H15Cl2FN2O2S. The summed E-state index contributed by atoms with van der Waals surface area (Å²) in [5.41, 5.74) is 1.74. The number of benzene rings is 3. The molecule has 1 aliphatic rings. The van der Waals surface area contributed by atoms with Gasteiger partial charge in [-0.15, -0.1) is 0 Å². The molecule has 1 heterocycles. The molecule has 0 atom stereocenters. The Hall–Kier alpha value is -2.80. The van der Waals surface area contributed by atoms with Gasteiger partial charge in [0.1, 0.15) is 16.4 Å². The van der Waals surface area contributed by atoms with Crippen LogP contribution in [-0.4, -0.2) is 11.8 Å². The van der Waals surface area contributed by atoms with Crippen LogP contribution in [0.2, 0.25) is 10.0 Å². The average Bonchev–Trinajstić information content (AvgIpc) is 2.96. The predicted molar refractivity (Wildman–Crippen MR) is 123 cm³/mol. The minimum atomic E-state index is -0.504. The number of aryl methyl sites for hydroxylation is 1. The summed E-state index contributed by atoms with van der Waals surface area (Å²) >= 11 is 13.2. The molecule has 0 aromatic heterocycles. The molecule has 0 saturated heterocycles. The van der Waals surface area contributed by atoms with Crippen molar-refractivity contribution in [2.24, 2.45) is 0 Å². The third-order valence-electron chi connectivity index (χ3n) is 4.59. The molecule has 3 aromatic carbocycles. The molecule has 4 rings (SSSR count). The molecule has 156 valence electrons. The van der Waals surface area contributed by atoms with Gasteiger partial charge in [-0.2, -0.15) is 0 Å². The van der Waals surface area contributed by atoms with E-state index in [9.17, 15) is 14.0 Å². The number of anilines is 2. The maximum atomic E-state index is 13.3. The fraction of sp³-hybridized carbons (Fsp3) is 0.0435. The molecule has 2 amide bonds. The molecule has 0 spiro atoms. The fourth-order valence-electron chi connectivity index (χ4n) is 3.10. The summed E-state index contributed by atoms with van der Waals surface area (Å²) in [5, 5.41) is 4.06. The maximum absolute atomic E-state index is 13.3. The summed E-state index contributed by atoms with van der Waals surface area (Å²) in [6, 6.07) is 17.5. The van der Waals surface area contributed by atoms with Gasteiger partial charge in [0.25, 0.3) is 11.8 Å². The van der Waals surface area contributed by atoms with Crippen molar-refractivity contribution in [2.45, 2.75) is 11.8 Å². The molecule has 3 aromatic rings. The Morgan fingerprint density at radius 1 is 0.871 bits per heavy atom. The van der Waals surface area contributed by atoms with Crippen molar-refractivity contribution in [3.8, 4) is 0 Å². The fourth-order valence-corrected chi connectivity index (χ4v) is 4.38. The molecule has 0 unspecified atom stereocenters. The zero-order valence-electron chi connectivity index (χ0n) is 16.2. The third-order valence-corrected chi connectivity index (χ3v) is 6.17. The Kier molecular flexibility index (Phi) is 6.05. The molecule has 0 saturated carbocycles. The topological polar surface area (TPSA) is 49.4 Å². The summed E-state index contributed by atoms with van der Waals surface area (Å²) in [6.45, 7) is 1.78. The summed E-state index contributed by atoms with van der Waals surface area (Å²) in [4.78, 5) is 28.8. The number of amides is 2. The largest absolute Gasteiger partial charge is 0.350 e. The quantitative estimate of drug-likeness (QED) is 0.434. The van der Waals surface area contributed by atoms with Crippen molar-refractivity contribution >= 4 is 58.2 Å². The SMILES string of the molecule is Cc1cc(Cl)ccc1N1C(=O)C(Nc2ccc(F)cc2)=C(Sc2ccc(Cl)cc2)C1=O. The number of nitrogens with one attached hydrogen (secondary N) is 1. The minimum absolute atomic E-state index is 0.117. The summed E-state index contributed by atoms with van der Waals surface area (Å²) in [6.07, 6.45) is 0. The molecule has 1 N–H and O–H groups in total. The zero-order chi connectivity index (χ0) is 22.1. The molecule has 1 aliphatic heterocycles. The van der Waals surface area contributed by atoms with E-state index in [2.05, 4.69) is 5.32 Å². The maximum Gasteiger partial charge on any atom is 0.283 e. The second kappa shape index (κ2) is 8.75. The molecule has 0 fully saturated rings. The number of halogens is 3. The van der Waals surface area contributed by atoms with E-state index in [1.807, 2.05) is 0 Å². The Morgan fingerprint density at radius 2 is 1.52 bits per heavy atom. The highest BCUT2D eigenvalue weighted by atomic mass is 35.5. The van der Waals surface area contributed by atoms with Crippen LogP contribution in [0, 0.1) is 12.7 Å². The van der Waals surface area contributed by atoms with Gasteiger partial charge in [-0.05, 0) is 79.2 Å². The standard InChI is InChI=1S/C23H15Cl2FN2O2S/c1-13-12-15(25)4-11-19(13)28-22(29)20(27-17-7-5-16(26)6-8-17)21(23(28)30)31-18-9-2-14(24)3-10-18/h2-12,27H,1H3. The van der Waals surface area contributed by atoms with E-state index >= 15 is 0 Å². The number of rotatable bonds is 5. The molecule has 0 bridgehead atoms. The highest BCUT2D eigenvalue weighted by Crippen LogP contribution is 2.39. The van der Waals surface area contributed by atoms with Gasteiger partial charge in [0.2, 0.25) is 0 Å². The smallest absolute Gasteiger partial charge is 0.283 e. The van der Waals surface area contributed by atoms with Gasteiger partial charge in [0, 0.05) is 20.6 Å². The van der Waals surface area contributed by atoms with Crippen molar-refractivity contribution in [3.63, 3.8) is 0 Å². The predicted octanol–water partition coefficient (Wildman–Crippen LogP) is 6.43. The van der Waals surface area contributed by atoms with E-state index in [4.69, 9.17) is 23.2 Å². The van der Waals surface area contributed by atoms with E-state index in [0.717, 1.165) is 21.6 Å². The van der Waals surface area contributed by atoms with Gasteiger partial charge in [-0.1, -0.05) is 35.0 Å². The van der Waals surface area contributed by atoms with Crippen LogP contribution in [0.25, 0.3) is 0 Å². The van der Waals surface area contributed by atoms with E-state index in [1.165, 1.54) is 24.3 Å². The normalized spacial score (nSPS) is 13.9. The number of carbonyl (C=O) groups excluding carboxylic acids is 2. The first-order valence-corrected chi connectivity index (χ1v) is 10.8. The highest BCUT2D eigenvalue weighted by molar-refractivity contribution is 8.04. The first-order valence-electron chi connectivity index (χ1n) is 9.19. The van der Waals surface area contributed by atoms with Crippen molar-refractivity contribution in [3.05, 3.63) is 98.8 Å². The van der Waals surface area contributed by atoms with Gasteiger partial charge in [-0.25, -0.2) is 9.29 Å². The van der Waals surface area contributed by atoms with Crippen LogP contribution in [0.15, 0.2) is 82.2 Å². The van der Waals surface area contributed by atoms with E-state index < -0.39 is 17.6 Å². The monoisotopic (exact) mass is 472 g/mol. The van der Waals surface area contributed by atoms with Crippen LogP contribution in [-0.2, 0) is 9.59 Å². The van der Waals surface area contributed by atoms with Crippen LogP contribution >= 0.6 is 35.0 Å². The van der Waals surface area contributed by atoms with E-state index in [1.54, 1.807) is 49.4 Å². The summed E-state index contributed by atoms with van der Waals surface area (Å²) < 4.78 is 13.3. The average molecular weight is 473 g/mol. The lowest BCUT2D eigenvalue weighted by Gasteiger charge is -2.18. The van der Waals surface area contributed by atoms with E-state index in [-0.39, 0.29) is 10.6 Å². The van der Waals surface area contributed by atoms with Gasteiger partial charge in [0.05, 0.1) is 5.69 Å². The Morgan fingerprint density at radius 3 is 2.16 bits per heavy atom. The second-order valence-electron chi connectivity index (χ2n) is 6.77. The first-order chi connectivity index (χ1) is 14.8. The molecule has 4 nitrogen and oxygen atoms in total. The van der Waals surface area contributed by atoms with Gasteiger partial charge in [-0.3, -0.25) is 9.59 Å². The summed E-state index contributed by atoms with van der Waals surface area (Å²) in [5.74, 6) is -1.36. The summed E-state index contributed by atoms with van der Waals surface area (Å²) in [7, 11) is 0. The lowest BCUT2D eigenvalue weighted by Crippen LogP contribution is -2.32. The molecule has 0 radical (unpaired) electrons. The zero-order valence-corrected chi connectivity index (χ0v) is 18.5. The number of thioether (sulfide) groups is 1. The van der Waals surface area contributed by atoms with Gasteiger partial charge < -0.3 is 5.32 Å². The van der Waals surface area contributed by atoms with Crippen LogP contribution in [0.1, 0.15) is 5.56 Å². The van der Waals surface area contributed by atoms with Gasteiger partial charge in [0.15, 0.2) is 0 Å². The van der Waals surface area contributed by atoms with Crippen LogP contribution in [0.5, 0.6) is 0 Å². The molecule has 8 heteroatoms. The minimum Gasteiger partial charge on any atom is -0.350 e. The van der Waals surface area contributed by atoms with Crippen LogP contribution in [0.3, 0.4) is 0 Å². The second-order valence-corrected chi connectivity index (χ2v) is 8.73. The lowest BCUT2D eigenvalue weighted by molar-refractivity contribution is -0.120. The molecular weight excluding hydrogens is 458 g/mol. The highest BCUT2D eigenvalue weighted by Gasteiger charge is 2.40. The van der Waals surface area contributed by atoms with Crippen molar-refractivity contribution in [1.29, 1.82) is 0 Å². The van der Waals surface area contributed by atoms with Crippen LogP contribution < -0.4 is 10.2 Å². The van der Waals surface area contributed by atoms with E-state index in [0.29, 0.717) is 27.0 Å². The number of nitrogens with zero attached hydrogens (tertiary/aromatic N) is 1. The molecule has 31 heavy (non-hydrogen) atoms.